The predicted molar refractivity (Wildman–Crippen MR) is 83.0 cm³/mol. The Hall–Kier alpha value is -0.910. The van der Waals surface area contributed by atoms with E-state index in [1.54, 1.807) is 0 Å². The standard InChI is InChI=1S/C16H28N4O/c1-13(2)18-16(12-21)5-3-4-14(10-16)20-9-8-19-7-6-17-15(19)11-20/h6-7,13-14,18,21H,3-5,8-12H2,1-2H3. The first kappa shape index (κ1) is 15.0. The molecule has 1 aromatic heterocycles. The molecule has 1 saturated carbocycles. The van der Waals surface area contributed by atoms with Gasteiger partial charge in [0.2, 0.25) is 0 Å². The quantitative estimate of drug-likeness (QED) is 0.880. The SMILES string of the molecule is CC(C)NC1(CO)CCCC(N2CCn3ccnc3C2)C1. The van der Waals surface area contributed by atoms with Gasteiger partial charge in [0.25, 0.3) is 0 Å². The first-order valence-electron chi connectivity index (χ1n) is 8.24. The van der Waals surface area contributed by atoms with Crippen LogP contribution in [-0.4, -0.2) is 50.3 Å². The van der Waals surface area contributed by atoms with E-state index in [-0.39, 0.29) is 12.1 Å². The summed E-state index contributed by atoms with van der Waals surface area (Å²) in [5.74, 6) is 1.18. The minimum atomic E-state index is -0.0933. The zero-order valence-corrected chi connectivity index (χ0v) is 13.3. The molecule has 1 aliphatic heterocycles. The number of aromatic nitrogens is 2. The number of imidazole rings is 1. The second-order valence-corrected chi connectivity index (χ2v) is 6.99. The summed E-state index contributed by atoms with van der Waals surface area (Å²) in [6.45, 7) is 7.65. The van der Waals surface area contributed by atoms with Crippen LogP contribution in [0, 0.1) is 0 Å². The Kier molecular flexibility index (Phi) is 4.33. The fourth-order valence-electron chi connectivity index (χ4n) is 4.08. The molecule has 2 atom stereocenters. The number of fused-ring (bicyclic) bond motifs is 1. The minimum Gasteiger partial charge on any atom is -0.394 e. The lowest BCUT2D eigenvalue weighted by Crippen LogP contribution is -2.58. The van der Waals surface area contributed by atoms with Crippen LogP contribution in [0.25, 0.3) is 0 Å². The highest BCUT2D eigenvalue weighted by Gasteiger charge is 2.38. The van der Waals surface area contributed by atoms with E-state index in [4.69, 9.17) is 0 Å². The van der Waals surface area contributed by atoms with Crippen LogP contribution < -0.4 is 5.32 Å². The highest BCUT2D eigenvalue weighted by atomic mass is 16.3. The van der Waals surface area contributed by atoms with E-state index < -0.39 is 0 Å². The van der Waals surface area contributed by atoms with Crippen molar-refractivity contribution in [2.24, 2.45) is 0 Å². The van der Waals surface area contributed by atoms with Crippen molar-refractivity contribution in [2.45, 2.75) is 70.2 Å². The van der Waals surface area contributed by atoms with E-state index >= 15 is 0 Å². The van der Waals surface area contributed by atoms with Gasteiger partial charge in [0.05, 0.1) is 13.2 Å². The third-order valence-electron chi connectivity index (χ3n) is 5.01. The molecule has 0 bridgehead atoms. The van der Waals surface area contributed by atoms with Gasteiger partial charge in [-0.2, -0.15) is 0 Å². The van der Waals surface area contributed by atoms with Crippen LogP contribution in [0.1, 0.15) is 45.4 Å². The Morgan fingerprint density at radius 1 is 1.48 bits per heavy atom. The van der Waals surface area contributed by atoms with Crippen molar-refractivity contribution in [3.8, 4) is 0 Å². The maximum atomic E-state index is 9.93. The second-order valence-electron chi connectivity index (χ2n) is 6.99. The molecular weight excluding hydrogens is 264 g/mol. The van der Waals surface area contributed by atoms with E-state index in [0.29, 0.717) is 12.1 Å². The first-order chi connectivity index (χ1) is 10.1. The zero-order chi connectivity index (χ0) is 14.9. The fourth-order valence-corrected chi connectivity index (χ4v) is 4.08. The number of nitrogens with zero attached hydrogens (tertiary/aromatic N) is 3. The van der Waals surface area contributed by atoms with Gasteiger partial charge < -0.3 is 15.0 Å². The topological polar surface area (TPSA) is 53.3 Å². The minimum absolute atomic E-state index is 0.0933. The molecule has 118 valence electrons. The fraction of sp³-hybridized carbons (Fsp3) is 0.812. The Morgan fingerprint density at radius 3 is 3.10 bits per heavy atom. The van der Waals surface area contributed by atoms with Gasteiger partial charge >= 0.3 is 0 Å². The van der Waals surface area contributed by atoms with Crippen molar-refractivity contribution in [1.29, 1.82) is 0 Å². The lowest BCUT2D eigenvalue weighted by Gasteiger charge is -2.46. The van der Waals surface area contributed by atoms with E-state index in [9.17, 15) is 5.11 Å². The molecule has 21 heavy (non-hydrogen) atoms. The van der Waals surface area contributed by atoms with Crippen molar-refractivity contribution in [3.05, 3.63) is 18.2 Å². The van der Waals surface area contributed by atoms with E-state index in [2.05, 4.69) is 39.8 Å². The molecule has 0 amide bonds. The molecule has 0 saturated heterocycles. The van der Waals surface area contributed by atoms with Gasteiger partial charge in [0, 0.05) is 43.1 Å². The van der Waals surface area contributed by atoms with Crippen LogP contribution >= 0.6 is 0 Å². The average molecular weight is 292 g/mol. The lowest BCUT2D eigenvalue weighted by molar-refractivity contribution is 0.0421. The van der Waals surface area contributed by atoms with Crippen molar-refractivity contribution in [2.75, 3.05) is 13.2 Å². The van der Waals surface area contributed by atoms with E-state index in [1.807, 2.05) is 6.20 Å². The third kappa shape index (κ3) is 3.15. The average Bonchev–Trinajstić information content (AvgIpc) is 2.94. The molecule has 0 radical (unpaired) electrons. The van der Waals surface area contributed by atoms with Crippen molar-refractivity contribution in [3.63, 3.8) is 0 Å². The molecule has 5 heteroatoms. The van der Waals surface area contributed by atoms with Crippen LogP contribution in [0.3, 0.4) is 0 Å². The summed E-state index contributed by atoms with van der Waals surface area (Å²) in [5.41, 5.74) is -0.0933. The molecule has 0 spiro atoms. The number of rotatable bonds is 4. The maximum Gasteiger partial charge on any atom is 0.122 e. The summed E-state index contributed by atoms with van der Waals surface area (Å²) in [5, 5.41) is 13.6. The van der Waals surface area contributed by atoms with Gasteiger partial charge in [0.1, 0.15) is 5.82 Å². The second kappa shape index (κ2) is 6.07. The molecule has 3 rings (SSSR count). The van der Waals surface area contributed by atoms with Gasteiger partial charge in [-0.25, -0.2) is 4.98 Å². The molecule has 0 aromatic carbocycles. The smallest absolute Gasteiger partial charge is 0.122 e. The highest BCUT2D eigenvalue weighted by molar-refractivity contribution is 5.01. The summed E-state index contributed by atoms with van der Waals surface area (Å²) in [6.07, 6.45) is 8.53. The largest absolute Gasteiger partial charge is 0.394 e. The first-order valence-corrected chi connectivity index (χ1v) is 8.24. The monoisotopic (exact) mass is 292 g/mol. The number of hydrogen-bond donors (Lipinski definition) is 2. The van der Waals surface area contributed by atoms with Gasteiger partial charge in [-0.1, -0.05) is 13.8 Å². The molecular formula is C16H28N4O. The number of nitrogens with one attached hydrogen (secondary N) is 1. The van der Waals surface area contributed by atoms with Crippen molar-refractivity contribution < 1.29 is 5.11 Å². The summed E-state index contributed by atoms with van der Waals surface area (Å²) in [7, 11) is 0. The Bertz CT molecular complexity index is 473. The number of hydrogen-bond acceptors (Lipinski definition) is 4. The molecule has 5 nitrogen and oxygen atoms in total. The van der Waals surface area contributed by atoms with Gasteiger partial charge in [0.15, 0.2) is 0 Å². The van der Waals surface area contributed by atoms with Crippen molar-refractivity contribution >= 4 is 0 Å². The third-order valence-corrected chi connectivity index (χ3v) is 5.01. The van der Waals surface area contributed by atoms with Crippen LogP contribution in [0.5, 0.6) is 0 Å². The van der Waals surface area contributed by atoms with Crippen molar-refractivity contribution in [1.82, 2.24) is 19.8 Å². The lowest BCUT2D eigenvalue weighted by atomic mass is 9.78. The zero-order valence-electron chi connectivity index (χ0n) is 13.3. The molecule has 2 aliphatic rings. The predicted octanol–water partition coefficient (Wildman–Crippen LogP) is 1.37. The normalized spacial score (nSPS) is 30.6. The Labute approximate surface area is 127 Å². The number of aliphatic hydroxyl groups is 1. The summed E-state index contributed by atoms with van der Waals surface area (Å²) in [4.78, 5) is 7.03. The van der Waals surface area contributed by atoms with Gasteiger partial charge in [-0.15, -0.1) is 0 Å². The molecule has 2 heterocycles. The maximum absolute atomic E-state index is 9.93. The van der Waals surface area contributed by atoms with E-state index in [0.717, 1.165) is 32.5 Å². The molecule has 1 aliphatic carbocycles. The summed E-state index contributed by atoms with van der Waals surface area (Å²) < 4.78 is 2.25. The van der Waals surface area contributed by atoms with Gasteiger partial charge in [-0.3, -0.25) is 4.90 Å². The molecule has 1 aromatic rings. The van der Waals surface area contributed by atoms with Crippen LogP contribution in [0.15, 0.2) is 12.4 Å². The highest BCUT2D eigenvalue weighted by Crippen LogP contribution is 2.33. The van der Waals surface area contributed by atoms with Crippen LogP contribution in [-0.2, 0) is 13.1 Å². The van der Waals surface area contributed by atoms with Crippen LogP contribution in [0.2, 0.25) is 0 Å². The van der Waals surface area contributed by atoms with Crippen LogP contribution in [0.4, 0.5) is 0 Å². The summed E-state index contributed by atoms with van der Waals surface area (Å²) >= 11 is 0. The molecule has 2 unspecified atom stereocenters. The van der Waals surface area contributed by atoms with Gasteiger partial charge in [-0.05, 0) is 25.7 Å². The summed E-state index contributed by atoms with van der Waals surface area (Å²) in [6, 6.07) is 0.971. The Balaban J connectivity index is 1.69. The van der Waals surface area contributed by atoms with E-state index in [1.165, 1.54) is 18.7 Å². The molecule has 1 fully saturated rings. The number of aliphatic hydroxyl groups excluding tert-OH is 1. The molecule has 2 N–H and O–H groups in total. The Morgan fingerprint density at radius 2 is 2.33 bits per heavy atom.